The molecule has 2 aromatic rings. The lowest BCUT2D eigenvalue weighted by atomic mass is 10.2. The van der Waals surface area contributed by atoms with E-state index in [2.05, 4.69) is 4.98 Å². The van der Waals surface area contributed by atoms with Gasteiger partial charge in [-0.05, 0) is 32.0 Å². The number of H-pyrrole nitrogens is 1. The van der Waals surface area contributed by atoms with Gasteiger partial charge >= 0.3 is 5.69 Å². The molecule has 0 bridgehead atoms. The summed E-state index contributed by atoms with van der Waals surface area (Å²) in [6, 6.07) is 5.55. The summed E-state index contributed by atoms with van der Waals surface area (Å²) >= 11 is 0. The summed E-state index contributed by atoms with van der Waals surface area (Å²) < 4.78 is 1.70. The van der Waals surface area contributed by atoms with Crippen LogP contribution in [-0.2, 0) is 0 Å². The van der Waals surface area contributed by atoms with Crippen LogP contribution in [0.15, 0.2) is 23.0 Å². The average Bonchev–Trinajstić information content (AvgIpc) is 2.40. The standard InChI is InChI=1S/C10H13N3O.ClH/c1-6(2)13-9-5-7(11)3-4-8(9)12-10(13)14;/h3-6H,11H2,1-2H3,(H,12,14);1H. The Bertz CT molecular complexity index is 527. The van der Waals surface area contributed by atoms with Crippen LogP contribution < -0.4 is 11.4 Å². The van der Waals surface area contributed by atoms with Crippen molar-refractivity contribution < 1.29 is 0 Å². The van der Waals surface area contributed by atoms with Gasteiger partial charge in [0.05, 0.1) is 11.0 Å². The van der Waals surface area contributed by atoms with Crippen LogP contribution in [0.5, 0.6) is 0 Å². The van der Waals surface area contributed by atoms with E-state index in [9.17, 15) is 4.79 Å². The number of benzene rings is 1. The molecule has 3 N–H and O–H groups in total. The summed E-state index contributed by atoms with van der Waals surface area (Å²) in [6.45, 7) is 3.94. The number of hydrogen-bond donors (Lipinski definition) is 2. The number of aromatic nitrogens is 2. The number of imidazole rings is 1. The van der Waals surface area contributed by atoms with Crippen LogP contribution in [0, 0.1) is 0 Å². The molecule has 82 valence electrons. The minimum Gasteiger partial charge on any atom is -0.399 e. The molecule has 0 saturated carbocycles. The third-order valence-corrected chi connectivity index (χ3v) is 2.26. The second-order valence-electron chi connectivity index (χ2n) is 3.67. The number of rotatable bonds is 1. The summed E-state index contributed by atoms with van der Waals surface area (Å²) in [5, 5.41) is 0. The number of hydrogen-bond acceptors (Lipinski definition) is 2. The van der Waals surface area contributed by atoms with Crippen molar-refractivity contribution in [3.63, 3.8) is 0 Å². The molecule has 0 spiro atoms. The number of fused-ring (bicyclic) bond motifs is 1. The lowest BCUT2D eigenvalue weighted by Crippen LogP contribution is -2.18. The second kappa shape index (κ2) is 3.98. The number of aromatic amines is 1. The average molecular weight is 228 g/mol. The fourth-order valence-corrected chi connectivity index (χ4v) is 1.65. The van der Waals surface area contributed by atoms with Crippen molar-refractivity contribution in [1.82, 2.24) is 9.55 Å². The summed E-state index contributed by atoms with van der Waals surface area (Å²) in [6.07, 6.45) is 0. The van der Waals surface area contributed by atoms with Gasteiger partial charge in [-0.25, -0.2) is 4.79 Å². The Morgan fingerprint density at radius 2 is 2.07 bits per heavy atom. The molecule has 0 saturated heterocycles. The number of nitrogens with one attached hydrogen (secondary N) is 1. The van der Waals surface area contributed by atoms with Crippen molar-refractivity contribution in [2.45, 2.75) is 19.9 Å². The Labute approximate surface area is 93.5 Å². The van der Waals surface area contributed by atoms with Crippen molar-refractivity contribution in [1.29, 1.82) is 0 Å². The molecule has 1 aromatic heterocycles. The van der Waals surface area contributed by atoms with E-state index in [1.54, 1.807) is 10.6 Å². The largest absolute Gasteiger partial charge is 0.399 e. The Hall–Kier alpha value is -1.42. The Kier molecular flexibility index (Phi) is 3.09. The maximum atomic E-state index is 11.6. The lowest BCUT2D eigenvalue weighted by Gasteiger charge is -2.06. The topological polar surface area (TPSA) is 63.8 Å². The normalized spacial score (nSPS) is 10.6. The summed E-state index contributed by atoms with van der Waals surface area (Å²) in [5.74, 6) is 0. The van der Waals surface area contributed by atoms with Crippen molar-refractivity contribution in [2.75, 3.05) is 5.73 Å². The second-order valence-corrected chi connectivity index (χ2v) is 3.67. The van der Waals surface area contributed by atoms with Crippen molar-refractivity contribution in [2.24, 2.45) is 0 Å². The third kappa shape index (κ3) is 1.85. The zero-order valence-electron chi connectivity index (χ0n) is 8.65. The highest BCUT2D eigenvalue weighted by Gasteiger charge is 2.08. The molecule has 0 unspecified atom stereocenters. The van der Waals surface area contributed by atoms with E-state index in [0.29, 0.717) is 5.69 Å². The van der Waals surface area contributed by atoms with Crippen molar-refractivity contribution in [3.8, 4) is 0 Å². The number of nitrogens with two attached hydrogens (primary N) is 1. The molecule has 1 heterocycles. The number of nitrogens with zero attached hydrogens (tertiary/aromatic N) is 1. The molecule has 0 aliphatic carbocycles. The van der Waals surface area contributed by atoms with Crippen LogP contribution in [-0.4, -0.2) is 9.55 Å². The molecule has 0 fully saturated rings. The van der Waals surface area contributed by atoms with Crippen molar-refractivity contribution >= 4 is 29.1 Å². The van der Waals surface area contributed by atoms with Gasteiger partial charge in [0, 0.05) is 11.7 Å². The zero-order chi connectivity index (χ0) is 10.3. The molecule has 0 atom stereocenters. The smallest absolute Gasteiger partial charge is 0.326 e. The first-order valence-corrected chi connectivity index (χ1v) is 4.59. The van der Waals surface area contributed by atoms with Gasteiger partial charge in [0.1, 0.15) is 0 Å². The number of nitrogen functional groups attached to an aromatic ring is 1. The van der Waals surface area contributed by atoms with Crippen LogP contribution in [0.2, 0.25) is 0 Å². The highest BCUT2D eigenvalue weighted by molar-refractivity contribution is 5.85. The summed E-state index contributed by atoms with van der Waals surface area (Å²) in [5.41, 5.74) is 7.96. The minimum absolute atomic E-state index is 0. The van der Waals surface area contributed by atoms with E-state index in [1.807, 2.05) is 26.0 Å². The Morgan fingerprint density at radius 3 is 2.67 bits per heavy atom. The highest BCUT2D eigenvalue weighted by atomic mass is 35.5. The first kappa shape index (κ1) is 11.7. The number of halogens is 1. The van der Waals surface area contributed by atoms with Gasteiger partial charge in [-0.3, -0.25) is 4.57 Å². The van der Waals surface area contributed by atoms with Gasteiger partial charge in [-0.15, -0.1) is 12.4 Å². The molecular weight excluding hydrogens is 214 g/mol. The molecule has 15 heavy (non-hydrogen) atoms. The van der Waals surface area contributed by atoms with Crippen LogP contribution >= 0.6 is 12.4 Å². The van der Waals surface area contributed by atoms with Crippen LogP contribution in [0.4, 0.5) is 5.69 Å². The Morgan fingerprint density at radius 1 is 1.40 bits per heavy atom. The maximum Gasteiger partial charge on any atom is 0.326 e. The third-order valence-electron chi connectivity index (χ3n) is 2.26. The molecule has 5 heteroatoms. The quantitative estimate of drug-likeness (QED) is 0.731. The first-order valence-electron chi connectivity index (χ1n) is 4.59. The van der Waals surface area contributed by atoms with Gasteiger partial charge in [0.25, 0.3) is 0 Å². The van der Waals surface area contributed by atoms with Gasteiger partial charge in [-0.2, -0.15) is 0 Å². The fraction of sp³-hybridized carbons (Fsp3) is 0.300. The maximum absolute atomic E-state index is 11.6. The molecule has 0 amide bonds. The van der Waals surface area contributed by atoms with Gasteiger partial charge in [0.2, 0.25) is 0 Å². The van der Waals surface area contributed by atoms with Crippen LogP contribution in [0.3, 0.4) is 0 Å². The van der Waals surface area contributed by atoms with Crippen LogP contribution in [0.25, 0.3) is 11.0 Å². The van der Waals surface area contributed by atoms with Gasteiger partial charge < -0.3 is 10.7 Å². The molecule has 4 nitrogen and oxygen atoms in total. The monoisotopic (exact) mass is 227 g/mol. The van der Waals surface area contributed by atoms with E-state index in [-0.39, 0.29) is 24.1 Å². The predicted molar refractivity (Wildman–Crippen MR) is 64.6 cm³/mol. The Balaban J connectivity index is 0.00000112. The first-order chi connectivity index (χ1) is 6.59. The molecule has 1 aromatic carbocycles. The van der Waals surface area contributed by atoms with Gasteiger partial charge in [0.15, 0.2) is 0 Å². The molecule has 0 aliphatic heterocycles. The van der Waals surface area contributed by atoms with Gasteiger partial charge in [-0.1, -0.05) is 0 Å². The molecule has 2 rings (SSSR count). The summed E-state index contributed by atoms with van der Waals surface area (Å²) in [7, 11) is 0. The molecule has 0 radical (unpaired) electrons. The van der Waals surface area contributed by atoms with Crippen LogP contribution in [0.1, 0.15) is 19.9 Å². The predicted octanol–water partition coefficient (Wildman–Crippen LogP) is 1.91. The zero-order valence-corrected chi connectivity index (χ0v) is 9.47. The van der Waals surface area contributed by atoms with E-state index >= 15 is 0 Å². The number of anilines is 1. The summed E-state index contributed by atoms with van der Waals surface area (Å²) in [4.78, 5) is 14.3. The van der Waals surface area contributed by atoms with Crippen molar-refractivity contribution in [3.05, 3.63) is 28.7 Å². The highest BCUT2D eigenvalue weighted by Crippen LogP contribution is 2.17. The van der Waals surface area contributed by atoms with E-state index < -0.39 is 0 Å². The SMILES string of the molecule is CC(C)n1c(=O)[nH]c2ccc(N)cc21.Cl. The van der Waals surface area contributed by atoms with E-state index in [4.69, 9.17) is 5.73 Å². The van der Waals surface area contributed by atoms with E-state index in [0.717, 1.165) is 11.0 Å². The fourth-order valence-electron chi connectivity index (χ4n) is 1.65. The minimum atomic E-state index is -0.0828. The molecular formula is C10H14ClN3O. The lowest BCUT2D eigenvalue weighted by molar-refractivity contribution is 0.598. The van der Waals surface area contributed by atoms with E-state index in [1.165, 1.54) is 0 Å². The molecule has 0 aliphatic rings.